The van der Waals surface area contributed by atoms with Gasteiger partial charge >= 0.3 is 5.97 Å². The molecule has 0 saturated heterocycles. The average molecular weight is 222 g/mol. The van der Waals surface area contributed by atoms with E-state index in [4.69, 9.17) is 0 Å². The predicted octanol–water partition coefficient (Wildman–Crippen LogP) is 2.34. The molecule has 0 aliphatic rings. The molecule has 1 rings (SSSR count). The standard InChI is InChI=1S/C11H12NO4/c1-7(2)8-4-5-9(11(13)16-3)10(6-8)12(14)15/h4-6H,1-3H3. The molecule has 5 heteroatoms. The van der Waals surface area contributed by atoms with E-state index in [2.05, 4.69) is 4.74 Å². The number of esters is 1. The maximum atomic E-state index is 11.3. The van der Waals surface area contributed by atoms with Crippen molar-refractivity contribution in [3.05, 3.63) is 45.4 Å². The zero-order valence-corrected chi connectivity index (χ0v) is 9.31. The van der Waals surface area contributed by atoms with Gasteiger partial charge in [-0.25, -0.2) is 4.79 Å². The Morgan fingerprint density at radius 3 is 2.44 bits per heavy atom. The SMILES string of the molecule is COC(=O)c1ccc([C](C)C)cc1[N+](=O)[O-]. The zero-order chi connectivity index (χ0) is 12.3. The highest BCUT2D eigenvalue weighted by molar-refractivity contribution is 5.94. The van der Waals surface area contributed by atoms with Crippen molar-refractivity contribution in [1.29, 1.82) is 0 Å². The fraction of sp³-hybridized carbons (Fsp3) is 0.273. The van der Waals surface area contributed by atoms with Crippen molar-refractivity contribution in [3.8, 4) is 0 Å². The molecule has 0 aliphatic carbocycles. The van der Waals surface area contributed by atoms with Gasteiger partial charge in [0.2, 0.25) is 0 Å². The van der Waals surface area contributed by atoms with Crippen molar-refractivity contribution in [2.75, 3.05) is 7.11 Å². The molecule has 0 fully saturated rings. The van der Waals surface area contributed by atoms with Crippen LogP contribution in [0.1, 0.15) is 29.8 Å². The number of hydrogen-bond donors (Lipinski definition) is 0. The van der Waals surface area contributed by atoms with E-state index < -0.39 is 10.9 Å². The summed E-state index contributed by atoms with van der Waals surface area (Å²) in [5.41, 5.74) is 0.474. The van der Waals surface area contributed by atoms with E-state index in [0.717, 1.165) is 11.5 Å². The molecule has 0 saturated carbocycles. The van der Waals surface area contributed by atoms with Gasteiger partial charge in [0.15, 0.2) is 0 Å². The van der Waals surface area contributed by atoms with E-state index in [1.807, 2.05) is 13.8 Å². The first kappa shape index (κ1) is 12.2. The van der Waals surface area contributed by atoms with Crippen LogP contribution in [0.25, 0.3) is 0 Å². The Hall–Kier alpha value is -1.91. The third kappa shape index (κ3) is 2.36. The van der Waals surface area contributed by atoms with Crippen molar-refractivity contribution in [3.63, 3.8) is 0 Å². The van der Waals surface area contributed by atoms with Gasteiger partial charge in [-0.05, 0) is 17.5 Å². The molecule has 0 aliphatic heterocycles. The first-order chi connectivity index (χ1) is 7.47. The van der Waals surface area contributed by atoms with E-state index >= 15 is 0 Å². The lowest BCUT2D eigenvalue weighted by Gasteiger charge is -2.06. The highest BCUT2D eigenvalue weighted by atomic mass is 16.6. The first-order valence-corrected chi connectivity index (χ1v) is 4.64. The van der Waals surface area contributed by atoms with Crippen LogP contribution in [0.5, 0.6) is 0 Å². The summed E-state index contributed by atoms with van der Waals surface area (Å²) in [6, 6.07) is 4.45. The molecule has 0 atom stereocenters. The molecule has 16 heavy (non-hydrogen) atoms. The summed E-state index contributed by atoms with van der Waals surface area (Å²) in [5, 5.41) is 10.8. The van der Waals surface area contributed by atoms with Crippen molar-refractivity contribution >= 4 is 11.7 Å². The average Bonchev–Trinajstić information content (AvgIpc) is 2.26. The number of ether oxygens (including phenoxy) is 1. The van der Waals surface area contributed by atoms with Gasteiger partial charge in [0, 0.05) is 6.07 Å². The zero-order valence-electron chi connectivity index (χ0n) is 9.31. The molecule has 0 amide bonds. The summed E-state index contributed by atoms with van der Waals surface area (Å²) in [5.74, 6) is 0.242. The van der Waals surface area contributed by atoms with Gasteiger partial charge < -0.3 is 4.74 Å². The summed E-state index contributed by atoms with van der Waals surface area (Å²) >= 11 is 0. The number of methoxy groups -OCH3 is 1. The van der Waals surface area contributed by atoms with Crippen LogP contribution in [0.15, 0.2) is 18.2 Å². The quantitative estimate of drug-likeness (QED) is 0.447. The number of carbonyl (C=O) groups excluding carboxylic acids is 1. The first-order valence-electron chi connectivity index (χ1n) is 4.64. The highest BCUT2D eigenvalue weighted by Crippen LogP contribution is 2.24. The van der Waals surface area contributed by atoms with Gasteiger partial charge in [-0.1, -0.05) is 19.9 Å². The monoisotopic (exact) mass is 222 g/mol. The van der Waals surface area contributed by atoms with Crippen molar-refractivity contribution in [2.24, 2.45) is 0 Å². The largest absolute Gasteiger partial charge is 0.465 e. The van der Waals surface area contributed by atoms with E-state index in [1.165, 1.54) is 19.2 Å². The smallest absolute Gasteiger partial charge is 0.344 e. The second-order valence-electron chi connectivity index (χ2n) is 3.48. The lowest BCUT2D eigenvalue weighted by Crippen LogP contribution is -2.06. The normalized spacial score (nSPS) is 10.2. The van der Waals surface area contributed by atoms with Gasteiger partial charge in [0.1, 0.15) is 5.56 Å². The van der Waals surface area contributed by atoms with Gasteiger partial charge in [0.05, 0.1) is 12.0 Å². The Morgan fingerprint density at radius 1 is 1.38 bits per heavy atom. The van der Waals surface area contributed by atoms with Crippen LogP contribution in [-0.4, -0.2) is 18.0 Å². The molecule has 1 radical (unpaired) electrons. The highest BCUT2D eigenvalue weighted by Gasteiger charge is 2.21. The minimum atomic E-state index is -0.702. The predicted molar refractivity (Wildman–Crippen MR) is 58.1 cm³/mol. The molecular formula is C11H12NO4. The molecular weight excluding hydrogens is 210 g/mol. The van der Waals surface area contributed by atoms with E-state index in [-0.39, 0.29) is 11.3 Å². The molecule has 5 nitrogen and oxygen atoms in total. The molecule has 0 unspecified atom stereocenters. The Balaban J connectivity index is 3.30. The van der Waals surface area contributed by atoms with Crippen LogP contribution in [0, 0.1) is 16.0 Å². The fourth-order valence-electron chi connectivity index (χ4n) is 1.28. The second-order valence-corrected chi connectivity index (χ2v) is 3.48. The van der Waals surface area contributed by atoms with Gasteiger partial charge in [-0.15, -0.1) is 0 Å². The summed E-state index contributed by atoms with van der Waals surface area (Å²) in [4.78, 5) is 21.5. The molecule has 0 bridgehead atoms. The Kier molecular flexibility index (Phi) is 3.60. The molecule has 1 aromatic rings. The third-order valence-electron chi connectivity index (χ3n) is 2.18. The van der Waals surface area contributed by atoms with E-state index in [9.17, 15) is 14.9 Å². The molecule has 0 spiro atoms. The Bertz CT molecular complexity index is 426. The number of carbonyl (C=O) groups is 1. The topological polar surface area (TPSA) is 69.4 Å². The van der Waals surface area contributed by atoms with E-state index in [1.54, 1.807) is 6.07 Å². The Labute approximate surface area is 93.2 Å². The fourth-order valence-corrected chi connectivity index (χ4v) is 1.28. The molecule has 85 valence electrons. The molecule has 0 heterocycles. The molecule has 0 N–H and O–H groups in total. The van der Waals surface area contributed by atoms with Crippen LogP contribution in [0.3, 0.4) is 0 Å². The second kappa shape index (κ2) is 4.74. The summed E-state index contributed by atoms with van der Waals surface area (Å²) in [7, 11) is 1.19. The van der Waals surface area contributed by atoms with Crippen LogP contribution < -0.4 is 0 Å². The molecule has 0 aromatic heterocycles. The van der Waals surface area contributed by atoms with Crippen LogP contribution in [0.4, 0.5) is 5.69 Å². The van der Waals surface area contributed by atoms with Gasteiger partial charge in [0.25, 0.3) is 5.69 Å². The van der Waals surface area contributed by atoms with Crippen molar-refractivity contribution < 1.29 is 14.5 Å². The maximum absolute atomic E-state index is 11.3. The van der Waals surface area contributed by atoms with Crippen LogP contribution in [-0.2, 0) is 4.74 Å². The van der Waals surface area contributed by atoms with Crippen LogP contribution in [0.2, 0.25) is 0 Å². The lowest BCUT2D eigenvalue weighted by atomic mass is 10.0. The number of nitro benzene ring substituents is 1. The summed E-state index contributed by atoms with van der Waals surface area (Å²) in [6.45, 7) is 3.69. The van der Waals surface area contributed by atoms with Crippen molar-refractivity contribution in [1.82, 2.24) is 0 Å². The van der Waals surface area contributed by atoms with Crippen molar-refractivity contribution in [2.45, 2.75) is 13.8 Å². The number of rotatable bonds is 3. The Morgan fingerprint density at radius 2 is 2.00 bits per heavy atom. The van der Waals surface area contributed by atoms with Gasteiger partial charge in [-0.3, -0.25) is 10.1 Å². The number of hydrogen-bond acceptors (Lipinski definition) is 4. The van der Waals surface area contributed by atoms with E-state index in [0.29, 0.717) is 0 Å². The molecule has 1 aromatic carbocycles. The minimum Gasteiger partial charge on any atom is -0.465 e. The number of benzene rings is 1. The maximum Gasteiger partial charge on any atom is 0.344 e. The minimum absolute atomic E-state index is 0.0301. The number of nitro groups is 1. The number of nitrogens with zero attached hydrogens (tertiary/aromatic N) is 1. The van der Waals surface area contributed by atoms with Gasteiger partial charge in [-0.2, -0.15) is 0 Å². The lowest BCUT2D eigenvalue weighted by molar-refractivity contribution is -0.385. The third-order valence-corrected chi connectivity index (χ3v) is 2.18. The summed E-state index contributed by atoms with van der Waals surface area (Å²) in [6.07, 6.45) is 0. The summed E-state index contributed by atoms with van der Waals surface area (Å²) < 4.78 is 4.48. The van der Waals surface area contributed by atoms with Crippen LogP contribution >= 0.6 is 0 Å².